The van der Waals surface area contributed by atoms with Gasteiger partial charge in [0, 0.05) is 0 Å². The molecule has 0 N–H and O–H groups in total. The van der Waals surface area contributed by atoms with Crippen molar-refractivity contribution in [1.82, 2.24) is 0 Å². The molecule has 1 aliphatic rings. The van der Waals surface area contributed by atoms with Gasteiger partial charge in [-0.2, -0.15) is 0 Å². The van der Waals surface area contributed by atoms with Crippen molar-refractivity contribution in [3.63, 3.8) is 0 Å². The Hall–Kier alpha value is -2.60. The van der Waals surface area contributed by atoms with Gasteiger partial charge in [0.05, 0.1) is 0 Å². The van der Waals surface area contributed by atoms with Gasteiger partial charge in [0.25, 0.3) is 0 Å². The van der Waals surface area contributed by atoms with Gasteiger partial charge in [-0.25, -0.2) is 0 Å². The third-order valence-electron chi connectivity index (χ3n) is 4.53. The Labute approximate surface area is 123 Å². The van der Waals surface area contributed by atoms with E-state index in [1.54, 1.807) is 0 Å². The summed E-state index contributed by atoms with van der Waals surface area (Å²) in [7, 11) is 0. The van der Waals surface area contributed by atoms with Crippen molar-refractivity contribution in [3.8, 4) is 11.1 Å². The van der Waals surface area contributed by atoms with Crippen LogP contribution in [0.4, 0.5) is 0 Å². The monoisotopic (exact) mass is 265 g/mol. The van der Waals surface area contributed by atoms with Crippen LogP contribution in [0.15, 0.2) is 66.7 Å². The second-order valence-electron chi connectivity index (χ2n) is 5.79. The van der Waals surface area contributed by atoms with Crippen molar-refractivity contribution in [2.45, 2.75) is 6.42 Å². The summed E-state index contributed by atoms with van der Waals surface area (Å²) < 4.78 is 0. The summed E-state index contributed by atoms with van der Waals surface area (Å²) in [5, 5.41) is 5.28. The lowest BCUT2D eigenvalue weighted by atomic mass is 9.98. The standard InChI is InChI=1S/C21H13/c1-2-6-15-10-18-13-21-19(12-17(18)9-14(15)5-1)11-16-7-3-4-8-20(16)21/h1-6,8-10,12-13H,11H2. The first-order valence-corrected chi connectivity index (χ1v) is 7.34. The fourth-order valence-corrected chi connectivity index (χ4v) is 3.50. The topological polar surface area (TPSA) is 0 Å². The summed E-state index contributed by atoms with van der Waals surface area (Å²) >= 11 is 0. The highest BCUT2D eigenvalue weighted by molar-refractivity contribution is 6.01. The van der Waals surface area contributed by atoms with E-state index in [0.717, 1.165) is 6.42 Å². The predicted octanol–water partition coefficient (Wildman–Crippen LogP) is 5.36. The summed E-state index contributed by atoms with van der Waals surface area (Å²) in [4.78, 5) is 0. The average Bonchev–Trinajstić information content (AvgIpc) is 2.88. The summed E-state index contributed by atoms with van der Waals surface area (Å²) in [6, 6.07) is 27.6. The largest absolute Gasteiger partial charge is 0.0616 e. The van der Waals surface area contributed by atoms with E-state index in [-0.39, 0.29) is 0 Å². The van der Waals surface area contributed by atoms with Crippen LogP contribution in [0.5, 0.6) is 0 Å². The molecule has 0 spiro atoms. The van der Waals surface area contributed by atoms with Gasteiger partial charge >= 0.3 is 0 Å². The zero-order valence-electron chi connectivity index (χ0n) is 11.6. The minimum Gasteiger partial charge on any atom is -0.0616 e. The first-order chi connectivity index (χ1) is 10.4. The van der Waals surface area contributed by atoms with Gasteiger partial charge in [-0.1, -0.05) is 48.5 Å². The van der Waals surface area contributed by atoms with Gasteiger partial charge in [-0.15, -0.1) is 0 Å². The summed E-state index contributed by atoms with van der Waals surface area (Å²) in [5.41, 5.74) is 5.48. The quantitative estimate of drug-likeness (QED) is 0.330. The summed E-state index contributed by atoms with van der Waals surface area (Å²) in [6.45, 7) is 0. The molecule has 0 saturated carbocycles. The Morgan fingerprint density at radius 3 is 2.24 bits per heavy atom. The molecular weight excluding hydrogens is 252 g/mol. The molecule has 1 radical (unpaired) electrons. The van der Waals surface area contributed by atoms with Gasteiger partial charge < -0.3 is 0 Å². The number of fused-ring (bicyclic) bond motifs is 5. The Kier molecular flexibility index (Phi) is 2.09. The van der Waals surface area contributed by atoms with Crippen LogP contribution in [0, 0.1) is 6.07 Å². The van der Waals surface area contributed by atoms with Crippen LogP contribution in [0.25, 0.3) is 32.7 Å². The molecule has 5 rings (SSSR count). The molecule has 97 valence electrons. The van der Waals surface area contributed by atoms with E-state index in [0.29, 0.717) is 0 Å². The minimum atomic E-state index is 1.01. The molecular formula is C21H13. The number of benzene rings is 4. The van der Waals surface area contributed by atoms with Crippen LogP contribution in [-0.4, -0.2) is 0 Å². The molecule has 0 heterocycles. The van der Waals surface area contributed by atoms with Crippen molar-refractivity contribution in [2.24, 2.45) is 0 Å². The van der Waals surface area contributed by atoms with Crippen molar-refractivity contribution in [2.75, 3.05) is 0 Å². The Morgan fingerprint density at radius 1 is 0.667 bits per heavy atom. The second-order valence-corrected chi connectivity index (χ2v) is 5.79. The second kappa shape index (κ2) is 3.95. The SMILES string of the molecule is [c]1cccc2c1Cc1cc3cc4ccccc4cc3cc1-2. The molecule has 4 aromatic carbocycles. The highest BCUT2D eigenvalue weighted by atomic mass is 14.2. The van der Waals surface area contributed by atoms with Gasteiger partial charge in [-0.3, -0.25) is 0 Å². The number of hydrogen-bond donors (Lipinski definition) is 0. The molecule has 0 atom stereocenters. The van der Waals surface area contributed by atoms with Crippen molar-refractivity contribution < 1.29 is 0 Å². The predicted molar refractivity (Wildman–Crippen MR) is 88.5 cm³/mol. The highest BCUT2D eigenvalue weighted by Gasteiger charge is 2.18. The molecule has 0 bridgehead atoms. The lowest BCUT2D eigenvalue weighted by molar-refractivity contribution is 1.26. The molecule has 4 aromatic rings. The van der Waals surface area contributed by atoms with E-state index >= 15 is 0 Å². The zero-order chi connectivity index (χ0) is 13.8. The normalized spacial score (nSPS) is 12.6. The molecule has 1 aliphatic carbocycles. The molecule has 0 saturated heterocycles. The Balaban J connectivity index is 1.86. The fourth-order valence-electron chi connectivity index (χ4n) is 3.50. The zero-order valence-corrected chi connectivity index (χ0v) is 11.6. The third kappa shape index (κ3) is 1.56. The van der Waals surface area contributed by atoms with Crippen molar-refractivity contribution in [1.29, 1.82) is 0 Å². The Morgan fingerprint density at radius 2 is 1.43 bits per heavy atom. The van der Waals surface area contributed by atoms with Crippen LogP contribution in [-0.2, 0) is 6.42 Å². The fraction of sp³-hybridized carbons (Fsp3) is 0.0476. The molecule has 21 heavy (non-hydrogen) atoms. The van der Waals surface area contributed by atoms with E-state index in [9.17, 15) is 0 Å². The van der Waals surface area contributed by atoms with Crippen molar-refractivity contribution in [3.05, 3.63) is 83.9 Å². The van der Waals surface area contributed by atoms with Gasteiger partial charge in [-0.05, 0) is 74.5 Å². The van der Waals surface area contributed by atoms with Crippen LogP contribution < -0.4 is 0 Å². The molecule has 0 unspecified atom stereocenters. The van der Waals surface area contributed by atoms with Gasteiger partial charge in [0.1, 0.15) is 0 Å². The first kappa shape index (κ1) is 11.1. The van der Waals surface area contributed by atoms with E-state index in [1.165, 1.54) is 43.8 Å². The highest BCUT2D eigenvalue weighted by Crippen LogP contribution is 2.39. The van der Waals surface area contributed by atoms with Crippen LogP contribution in [0.1, 0.15) is 11.1 Å². The summed E-state index contributed by atoms with van der Waals surface area (Å²) in [6.07, 6.45) is 1.01. The minimum absolute atomic E-state index is 1.01. The average molecular weight is 265 g/mol. The molecule has 0 nitrogen and oxygen atoms in total. The maximum Gasteiger partial charge on any atom is -0.000706 e. The van der Waals surface area contributed by atoms with Gasteiger partial charge in [0.15, 0.2) is 0 Å². The molecule has 0 aliphatic heterocycles. The smallest absolute Gasteiger partial charge is 0.000706 e. The Bertz CT molecular complexity index is 1010. The van der Waals surface area contributed by atoms with Gasteiger partial charge in [0.2, 0.25) is 0 Å². The molecule has 0 aromatic heterocycles. The summed E-state index contributed by atoms with van der Waals surface area (Å²) in [5.74, 6) is 0. The third-order valence-corrected chi connectivity index (χ3v) is 4.53. The van der Waals surface area contributed by atoms with Crippen molar-refractivity contribution >= 4 is 21.5 Å². The molecule has 0 heteroatoms. The van der Waals surface area contributed by atoms with Crippen LogP contribution in [0.2, 0.25) is 0 Å². The van der Waals surface area contributed by atoms with E-state index in [2.05, 4.69) is 66.7 Å². The molecule has 0 amide bonds. The van der Waals surface area contributed by atoms with E-state index in [1.807, 2.05) is 6.07 Å². The van der Waals surface area contributed by atoms with Crippen LogP contribution >= 0.6 is 0 Å². The van der Waals surface area contributed by atoms with Crippen LogP contribution in [0.3, 0.4) is 0 Å². The van der Waals surface area contributed by atoms with E-state index in [4.69, 9.17) is 0 Å². The number of hydrogen-bond acceptors (Lipinski definition) is 0. The molecule has 0 fully saturated rings. The lowest BCUT2D eigenvalue weighted by Crippen LogP contribution is -1.82. The maximum atomic E-state index is 3.38. The lowest BCUT2D eigenvalue weighted by Gasteiger charge is -2.06. The first-order valence-electron chi connectivity index (χ1n) is 7.34. The van der Waals surface area contributed by atoms with E-state index < -0.39 is 0 Å². The maximum absolute atomic E-state index is 3.38. The number of rotatable bonds is 0.